The number of rotatable bonds is 6. The Kier molecular flexibility index (Phi) is 5.34. The van der Waals surface area contributed by atoms with Crippen LogP contribution in [0.15, 0.2) is 6.07 Å². The number of nitrogens with zero attached hydrogens (tertiary/aromatic N) is 3. The number of hydrogen-bond acceptors (Lipinski definition) is 5. The molecule has 0 amide bonds. The lowest BCUT2D eigenvalue weighted by molar-refractivity contribution is -0.119. The first-order valence-electron chi connectivity index (χ1n) is 5.76. The number of nitrogens with one attached hydrogen (secondary N) is 1. The third kappa shape index (κ3) is 4.90. The van der Waals surface area contributed by atoms with Gasteiger partial charge in [-0.3, -0.25) is 0 Å². The van der Waals surface area contributed by atoms with Crippen LogP contribution in [0.3, 0.4) is 0 Å². The van der Waals surface area contributed by atoms with Gasteiger partial charge in [0.2, 0.25) is 0 Å². The van der Waals surface area contributed by atoms with E-state index in [1.807, 2.05) is 0 Å². The molecule has 19 heavy (non-hydrogen) atoms. The van der Waals surface area contributed by atoms with Crippen molar-refractivity contribution in [3.8, 4) is 0 Å². The Balaban J connectivity index is 3.04. The van der Waals surface area contributed by atoms with Gasteiger partial charge in [0, 0.05) is 26.8 Å². The van der Waals surface area contributed by atoms with Crippen LogP contribution < -0.4 is 10.2 Å². The van der Waals surface area contributed by atoms with Crippen LogP contribution in [0.4, 0.5) is 24.8 Å². The topological polar surface area (TPSA) is 50.3 Å². The highest BCUT2D eigenvalue weighted by molar-refractivity contribution is 5.49. The monoisotopic (exact) mass is 278 g/mol. The van der Waals surface area contributed by atoms with Crippen molar-refractivity contribution in [3.05, 3.63) is 11.9 Å². The first kappa shape index (κ1) is 15.5. The van der Waals surface area contributed by atoms with E-state index in [-0.39, 0.29) is 19.0 Å². The maximum atomic E-state index is 12.5. The van der Waals surface area contributed by atoms with Crippen molar-refractivity contribution in [2.24, 2.45) is 0 Å². The van der Waals surface area contributed by atoms with Gasteiger partial charge in [-0.15, -0.1) is 0 Å². The molecule has 0 radical (unpaired) electrons. The van der Waals surface area contributed by atoms with Crippen LogP contribution >= 0.6 is 0 Å². The summed E-state index contributed by atoms with van der Waals surface area (Å²) in [6, 6.07) is 1.48. The van der Waals surface area contributed by atoms with Crippen LogP contribution in [0, 0.1) is 0 Å². The van der Waals surface area contributed by atoms with Crippen molar-refractivity contribution in [2.75, 3.05) is 37.5 Å². The summed E-state index contributed by atoms with van der Waals surface area (Å²) in [4.78, 5) is 9.32. The second-order valence-corrected chi connectivity index (χ2v) is 3.84. The van der Waals surface area contributed by atoms with Gasteiger partial charge in [0.05, 0.1) is 0 Å². The number of methoxy groups -OCH3 is 1. The first-order valence-corrected chi connectivity index (χ1v) is 5.76. The van der Waals surface area contributed by atoms with Crippen LogP contribution in [0.1, 0.15) is 12.7 Å². The van der Waals surface area contributed by atoms with E-state index in [4.69, 9.17) is 4.74 Å². The number of aromatic nitrogens is 2. The van der Waals surface area contributed by atoms with Crippen molar-refractivity contribution in [3.63, 3.8) is 0 Å². The number of ether oxygens (including phenoxy) is 1. The molecule has 0 spiro atoms. The molecule has 0 atom stereocenters. The third-order valence-corrected chi connectivity index (χ3v) is 2.36. The smallest absolute Gasteiger partial charge is 0.377 e. The second kappa shape index (κ2) is 6.55. The van der Waals surface area contributed by atoms with Gasteiger partial charge in [0.25, 0.3) is 0 Å². The maximum absolute atomic E-state index is 12.5. The largest absolute Gasteiger partial charge is 0.405 e. The van der Waals surface area contributed by atoms with Crippen LogP contribution in [-0.4, -0.2) is 43.4 Å². The number of anilines is 2. The van der Waals surface area contributed by atoms with Crippen LogP contribution in [-0.2, 0) is 11.3 Å². The summed E-state index contributed by atoms with van der Waals surface area (Å²) in [5.41, 5.74) is 0. The number of hydrogen-bond donors (Lipinski definition) is 1. The van der Waals surface area contributed by atoms with Gasteiger partial charge in [-0.1, -0.05) is 0 Å². The molecule has 0 bridgehead atoms. The van der Waals surface area contributed by atoms with E-state index in [1.165, 1.54) is 13.2 Å². The predicted octanol–water partition coefficient (Wildman–Crippen LogP) is 2.05. The van der Waals surface area contributed by atoms with Gasteiger partial charge in [0.1, 0.15) is 24.8 Å². The lowest BCUT2D eigenvalue weighted by Gasteiger charge is -2.24. The fourth-order valence-electron chi connectivity index (χ4n) is 1.54. The number of halogens is 3. The molecular weight excluding hydrogens is 261 g/mol. The minimum absolute atomic E-state index is 0.145. The van der Waals surface area contributed by atoms with Gasteiger partial charge in [-0.2, -0.15) is 13.2 Å². The zero-order valence-electron chi connectivity index (χ0n) is 11.1. The highest BCUT2D eigenvalue weighted by atomic mass is 19.4. The zero-order valence-corrected chi connectivity index (χ0v) is 11.1. The van der Waals surface area contributed by atoms with Gasteiger partial charge in [-0.25, -0.2) is 9.97 Å². The first-order chi connectivity index (χ1) is 8.89. The molecular formula is C11H17F3N4O. The molecule has 0 fully saturated rings. The Morgan fingerprint density at radius 1 is 1.37 bits per heavy atom. The van der Waals surface area contributed by atoms with E-state index in [1.54, 1.807) is 14.0 Å². The van der Waals surface area contributed by atoms with Gasteiger partial charge in [0.15, 0.2) is 5.82 Å². The molecule has 0 aromatic carbocycles. The molecule has 0 aliphatic carbocycles. The highest BCUT2D eigenvalue weighted by Crippen LogP contribution is 2.22. The molecule has 0 aliphatic heterocycles. The summed E-state index contributed by atoms with van der Waals surface area (Å²) < 4.78 is 42.4. The molecule has 1 aromatic rings. The average molecular weight is 278 g/mol. The summed E-state index contributed by atoms with van der Waals surface area (Å²) in [6.45, 7) is 0.942. The van der Waals surface area contributed by atoms with Crippen LogP contribution in [0.2, 0.25) is 0 Å². The zero-order chi connectivity index (χ0) is 14.5. The Hall–Kier alpha value is -1.57. The molecule has 0 saturated heterocycles. The second-order valence-electron chi connectivity index (χ2n) is 3.84. The summed E-state index contributed by atoms with van der Waals surface area (Å²) in [7, 11) is 3.12. The third-order valence-electron chi connectivity index (χ3n) is 2.36. The Bertz CT molecular complexity index is 411. The molecule has 5 nitrogen and oxygen atoms in total. The van der Waals surface area contributed by atoms with Crippen molar-refractivity contribution in [2.45, 2.75) is 19.7 Å². The molecule has 8 heteroatoms. The molecule has 1 N–H and O–H groups in total. The summed E-state index contributed by atoms with van der Waals surface area (Å²) in [5, 5.41) is 2.79. The van der Waals surface area contributed by atoms with Crippen molar-refractivity contribution < 1.29 is 17.9 Å². The van der Waals surface area contributed by atoms with E-state index in [9.17, 15) is 13.2 Å². The Labute approximate surface area is 109 Å². The molecule has 0 aliphatic rings. The van der Waals surface area contributed by atoms with E-state index >= 15 is 0 Å². The van der Waals surface area contributed by atoms with Crippen molar-refractivity contribution >= 4 is 11.6 Å². The lowest BCUT2D eigenvalue weighted by Crippen LogP contribution is -2.35. The lowest BCUT2D eigenvalue weighted by atomic mass is 10.4. The van der Waals surface area contributed by atoms with E-state index in [0.29, 0.717) is 11.6 Å². The Morgan fingerprint density at radius 2 is 2.05 bits per heavy atom. The molecule has 1 aromatic heterocycles. The van der Waals surface area contributed by atoms with Crippen molar-refractivity contribution in [1.29, 1.82) is 0 Å². The minimum atomic E-state index is -4.28. The van der Waals surface area contributed by atoms with E-state index < -0.39 is 12.7 Å². The number of alkyl halides is 3. The fourth-order valence-corrected chi connectivity index (χ4v) is 1.54. The predicted molar refractivity (Wildman–Crippen MR) is 66.2 cm³/mol. The standard InChI is InChI=1S/C11H17F3N4O/c1-4-18(7-11(12,13)14)10-5-8(15-2)16-9(17-10)6-19-3/h5H,4,6-7H2,1-3H3,(H,15,16,17). The molecule has 108 valence electrons. The van der Waals surface area contributed by atoms with E-state index in [2.05, 4.69) is 15.3 Å². The average Bonchev–Trinajstić information content (AvgIpc) is 2.34. The Morgan fingerprint density at radius 3 is 2.53 bits per heavy atom. The molecule has 0 unspecified atom stereocenters. The quantitative estimate of drug-likeness (QED) is 0.863. The normalized spacial score (nSPS) is 11.5. The van der Waals surface area contributed by atoms with Crippen LogP contribution in [0.5, 0.6) is 0 Å². The minimum Gasteiger partial charge on any atom is -0.377 e. The molecule has 1 heterocycles. The molecule has 1 rings (SSSR count). The van der Waals surface area contributed by atoms with Gasteiger partial charge < -0.3 is 15.0 Å². The van der Waals surface area contributed by atoms with Crippen LogP contribution in [0.25, 0.3) is 0 Å². The van der Waals surface area contributed by atoms with Gasteiger partial charge >= 0.3 is 6.18 Å². The fraction of sp³-hybridized carbons (Fsp3) is 0.636. The van der Waals surface area contributed by atoms with E-state index in [0.717, 1.165) is 4.90 Å². The summed E-state index contributed by atoms with van der Waals surface area (Å²) in [5.74, 6) is 1.02. The summed E-state index contributed by atoms with van der Waals surface area (Å²) in [6.07, 6.45) is -4.28. The highest BCUT2D eigenvalue weighted by Gasteiger charge is 2.31. The maximum Gasteiger partial charge on any atom is 0.405 e. The van der Waals surface area contributed by atoms with Crippen molar-refractivity contribution in [1.82, 2.24) is 9.97 Å². The summed E-state index contributed by atoms with van der Waals surface area (Å²) >= 11 is 0. The molecule has 0 saturated carbocycles. The van der Waals surface area contributed by atoms with Gasteiger partial charge in [-0.05, 0) is 6.92 Å². The SMILES string of the molecule is CCN(CC(F)(F)F)c1cc(NC)nc(COC)n1.